The van der Waals surface area contributed by atoms with Crippen molar-refractivity contribution >= 4 is 12.1 Å². The number of aromatic nitrogens is 1. The molecule has 1 aliphatic heterocycles. The lowest BCUT2D eigenvalue weighted by Crippen LogP contribution is -2.34. The van der Waals surface area contributed by atoms with Crippen molar-refractivity contribution in [3.8, 4) is 0 Å². The number of alkyl halides is 3. The average molecular weight is 258 g/mol. The second-order valence-electron chi connectivity index (χ2n) is 4.36. The molecule has 0 bridgehead atoms. The quantitative estimate of drug-likeness (QED) is 0.764. The van der Waals surface area contributed by atoms with E-state index < -0.39 is 11.7 Å². The normalized spacial score (nSPS) is 17.8. The zero-order valence-corrected chi connectivity index (χ0v) is 9.65. The molecule has 0 saturated carbocycles. The molecule has 1 aromatic rings. The first-order valence-corrected chi connectivity index (χ1v) is 5.74. The third-order valence-corrected chi connectivity index (χ3v) is 3.13. The predicted octanol–water partition coefficient (Wildman–Crippen LogP) is 2.52. The van der Waals surface area contributed by atoms with E-state index >= 15 is 0 Å². The molecular weight excluding hydrogens is 245 g/mol. The molecule has 0 spiro atoms. The van der Waals surface area contributed by atoms with Gasteiger partial charge in [0.05, 0.1) is 5.56 Å². The highest BCUT2D eigenvalue weighted by atomic mass is 19.4. The van der Waals surface area contributed by atoms with Crippen LogP contribution in [0.2, 0.25) is 0 Å². The highest BCUT2D eigenvalue weighted by Gasteiger charge is 2.31. The molecule has 3 nitrogen and oxygen atoms in total. The first-order valence-electron chi connectivity index (χ1n) is 5.74. The molecule has 1 saturated heterocycles. The molecule has 0 aromatic carbocycles. The Morgan fingerprint density at radius 3 is 2.56 bits per heavy atom. The molecule has 0 radical (unpaired) electrons. The monoisotopic (exact) mass is 258 g/mol. The lowest BCUT2D eigenvalue weighted by Gasteiger charge is -2.30. The smallest absolute Gasteiger partial charge is 0.357 e. The van der Waals surface area contributed by atoms with Crippen molar-refractivity contribution in [2.45, 2.75) is 19.0 Å². The lowest BCUT2D eigenvalue weighted by atomic mass is 9.98. The van der Waals surface area contributed by atoms with Crippen LogP contribution >= 0.6 is 0 Å². The standard InChI is InChI=1S/C12H13F3N2O/c13-12(14,15)10-1-4-16-11(7-10)17-5-2-9(8-18)3-6-17/h1,4,7-9H,2-3,5-6H2. The minimum atomic E-state index is -4.35. The second kappa shape index (κ2) is 4.96. The topological polar surface area (TPSA) is 33.2 Å². The largest absolute Gasteiger partial charge is 0.416 e. The maximum atomic E-state index is 12.6. The first kappa shape index (κ1) is 12.9. The molecule has 18 heavy (non-hydrogen) atoms. The summed E-state index contributed by atoms with van der Waals surface area (Å²) in [7, 11) is 0. The van der Waals surface area contributed by atoms with Gasteiger partial charge >= 0.3 is 6.18 Å². The summed E-state index contributed by atoms with van der Waals surface area (Å²) >= 11 is 0. The number of pyridine rings is 1. The number of carbonyl (C=O) groups is 1. The van der Waals surface area contributed by atoms with Crippen LogP contribution in [0.15, 0.2) is 18.3 Å². The van der Waals surface area contributed by atoms with Crippen LogP contribution in [0.1, 0.15) is 18.4 Å². The molecule has 0 unspecified atom stereocenters. The highest BCUT2D eigenvalue weighted by molar-refractivity contribution is 5.54. The summed E-state index contributed by atoms with van der Waals surface area (Å²) < 4.78 is 37.7. The van der Waals surface area contributed by atoms with Crippen LogP contribution in [0, 0.1) is 5.92 Å². The van der Waals surface area contributed by atoms with Gasteiger partial charge in [-0.05, 0) is 25.0 Å². The predicted molar refractivity (Wildman–Crippen MR) is 60.2 cm³/mol. The Morgan fingerprint density at radius 2 is 2.00 bits per heavy atom. The van der Waals surface area contributed by atoms with Crippen LogP contribution in [0.4, 0.5) is 19.0 Å². The molecule has 2 rings (SSSR count). The van der Waals surface area contributed by atoms with Crippen molar-refractivity contribution in [1.29, 1.82) is 0 Å². The van der Waals surface area contributed by atoms with Crippen molar-refractivity contribution in [2.24, 2.45) is 5.92 Å². The van der Waals surface area contributed by atoms with E-state index in [1.165, 1.54) is 6.20 Å². The number of hydrogen-bond acceptors (Lipinski definition) is 3. The van der Waals surface area contributed by atoms with Crippen molar-refractivity contribution in [1.82, 2.24) is 4.98 Å². The number of piperidine rings is 1. The maximum Gasteiger partial charge on any atom is 0.416 e. The Kier molecular flexibility index (Phi) is 3.54. The molecule has 98 valence electrons. The molecule has 0 atom stereocenters. The van der Waals surface area contributed by atoms with E-state index in [4.69, 9.17) is 0 Å². The number of nitrogens with zero attached hydrogens (tertiary/aromatic N) is 2. The Hall–Kier alpha value is -1.59. The minimum absolute atomic E-state index is 0.0204. The molecule has 1 fully saturated rings. The van der Waals surface area contributed by atoms with E-state index in [9.17, 15) is 18.0 Å². The van der Waals surface area contributed by atoms with Crippen LogP contribution in [-0.4, -0.2) is 24.4 Å². The van der Waals surface area contributed by atoms with Gasteiger partial charge in [0.1, 0.15) is 12.1 Å². The van der Waals surface area contributed by atoms with Gasteiger partial charge in [0, 0.05) is 25.2 Å². The minimum Gasteiger partial charge on any atom is -0.357 e. The number of halogens is 3. The van der Waals surface area contributed by atoms with Gasteiger partial charge in [-0.3, -0.25) is 0 Å². The number of hydrogen-bond donors (Lipinski definition) is 0. The van der Waals surface area contributed by atoms with Crippen molar-refractivity contribution in [3.05, 3.63) is 23.9 Å². The second-order valence-corrected chi connectivity index (χ2v) is 4.36. The van der Waals surface area contributed by atoms with Gasteiger partial charge in [0.25, 0.3) is 0 Å². The van der Waals surface area contributed by atoms with Gasteiger partial charge in [-0.15, -0.1) is 0 Å². The summed E-state index contributed by atoms with van der Waals surface area (Å²) in [6, 6.07) is 2.02. The molecule has 0 amide bonds. The number of aldehydes is 1. The first-order chi connectivity index (χ1) is 8.50. The van der Waals surface area contributed by atoms with E-state index in [0.29, 0.717) is 31.7 Å². The van der Waals surface area contributed by atoms with Crippen LogP contribution < -0.4 is 4.90 Å². The van der Waals surface area contributed by atoms with Crippen LogP contribution in [0.3, 0.4) is 0 Å². The summed E-state index contributed by atoms with van der Waals surface area (Å²) in [5.74, 6) is 0.348. The number of rotatable bonds is 2. The number of anilines is 1. The fraction of sp³-hybridized carbons (Fsp3) is 0.500. The van der Waals surface area contributed by atoms with Crippen LogP contribution in [-0.2, 0) is 11.0 Å². The van der Waals surface area contributed by atoms with Gasteiger partial charge in [0.15, 0.2) is 0 Å². The van der Waals surface area contributed by atoms with Gasteiger partial charge in [-0.25, -0.2) is 4.98 Å². The summed E-state index contributed by atoms with van der Waals surface area (Å²) in [4.78, 5) is 16.4. The van der Waals surface area contributed by atoms with E-state index in [2.05, 4.69) is 4.98 Å². The van der Waals surface area contributed by atoms with E-state index in [1.54, 1.807) is 4.90 Å². The maximum absolute atomic E-state index is 12.6. The third kappa shape index (κ3) is 2.80. The van der Waals surface area contributed by atoms with Gasteiger partial charge < -0.3 is 9.69 Å². The fourth-order valence-electron chi connectivity index (χ4n) is 2.03. The summed E-state index contributed by atoms with van der Waals surface area (Å²) in [5.41, 5.74) is -0.690. The summed E-state index contributed by atoms with van der Waals surface area (Å²) in [6.45, 7) is 1.13. The zero-order valence-electron chi connectivity index (χ0n) is 9.65. The Labute approximate surface area is 103 Å². The molecule has 0 N–H and O–H groups in total. The van der Waals surface area contributed by atoms with E-state index in [-0.39, 0.29) is 5.92 Å². The van der Waals surface area contributed by atoms with Crippen LogP contribution in [0.5, 0.6) is 0 Å². The van der Waals surface area contributed by atoms with E-state index in [1.807, 2.05) is 0 Å². The third-order valence-electron chi connectivity index (χ3n) is 3.13. The van der Waals surface area contributed by atoms with Gasteiger partial charge in [0.2, 0.25) is 0 Å². The summed E-state index contributed by atoms with van der Waals surface area (Å²) in [6.07, 6.45) is -0.928. The average Bonchev–Trinajstić information content (AvgIpc) is 2.38. The SMILES string of the molecule is O=CC1CCN(c2cc(C(F)(F)F)ccn2)CC1. The fourth-order valence-corrected chi connectivity index (χ4v) is 2.03. The lowest BCUT2D eigenvalue weighted by molar-refractivity contribution is -0.137. The molecule has 1 aliphatic rings. The number of carbonyl (C=O) groups excluding carboxylic acids is 1. The Balaban J connectivity index is 2.12. The Morgan fingerprint density at radius 1 is 1.33 bits per heavy atom. The van der Waals surface area contributed by atoms with E-state index in [0.717, 1.165) is 18.4 Å². The van der Waals surface area contributed by atoms with Crippen molar-refractivity contribution in [2.75, 3.05) is 18.0 Å². The van der Waals surface area contributed by atoms with Crippen molar-refractivity contribution in [3.63, 3.8) is 0 Å². The summed E-state index contributed by atoms with van der Waals surface area (Å²) in [5, 5.41) is 0. The molecule has 1 aromatic heterocycles. The zero-order chi connectivity index (χ0) is 13.2. The Bertz CT molecular complexity index is 426. The molecule has 2 heterocycles. The van der Waals surface area contributed by atoms with Crippen molar-refractivity contribution < 1.29 is 18.0 Å². The molecule has 6 heteroatoms. The van der Waals surface area contributed by atoms with Gasteiger partial charge in [-0.1, -0.05) is 0 Å². The van der Waals surface area contributed by atoms with Gasteiger partial charge in [-0.2, -0.15) is 13.2 Å². The molecular formula is C12H13F3N2O. The van der Waals surface area contributed by atoms with Crippen LogP contribution in [0.25, 0.3) is 0 Å². The highest BCUT2D eigenvalue weighted by Crippen LogP contribution is 2.31. The molecule has 0 aliphatic carbocycles.